The van der Waals surface area contributed by atoms with E-state index in [0.29, 0.717) is 13.2 Å². The molecular weight excluding hydrogens is 244 g/mol. The van der Waals surface area contributed by atoms with Gasteiger partial charge in [-0.15, -0.1) is 11.3 Å². The monoisotopic (exact) mass is 262 g/mol. The second kappa shape index (κ2) is 6.52. The molecular formula is C14H18N2OS. The lowest BCUT2D eigenvalue weighted by Gasteiger charge is -2.04. The van der Waals surface area contributed by atoms with E-state index >= 15 is 0 Å². The predicted octanol–water partition coefficient (Wildman–Crippen LogP) is 2.79. The normalized spacial score (nSPS) is 10.6. The van der Waals surface area contributed by atoms with E-state index in [-0.39, 0.29) is 0 Å². The molecule has 0 spiro atoms. The smallest absolute Gasteiger partial charge is 0.140 e. The predicted molar refractivity (Wildman–Crippen MR) is 75.0 cm³/mol. The van der Waals surface area contributed by atoms with E-state index in [1.54, 1.807) is 11.3 Å². The van der Waals surface area contributed by atoms with Crippen LogP contribution in [0.15, 0.2) is 29.6 Å². The molecule has 0 aliphatic heterocycles. The number of nitrogens with two attached hydrogens (primary N) is 1. The molecule has 96 valence electrons. The molecule has 0 aliphatic rings. The fourth-order valence-electron chi connectivity index (χ4n) is 1.64. The van der Waals surface area contributed by atoms with Crippen LogP contribution in [0, 0.1) is 0 Å². The van der Waals surface area contributed by atoms with E-state index in [4.69, 9.17) is 10.5 Å². The highest BCUT2D eigenvalue weighted by atomic mass is 32.1. The molecule has 0 unspecified atom stereocenters. The van der Waals surface area contributed by atoms with Gasteiger partial charge < -0.3 is 10.5 Å². The quantitative estimate of drug-likeness (QED) is 0.871. The second-order valence-corrected chi connectivity index (χ2v) is 5.00. The number of benzene rings is 1. The SMILES string of the molecule is CCc1ccc(OCc2nc(CCN)cs2)cc1. The first kappa shape index (κ1) is 13.1. The molecule has 4 heteroatoms. The molecule has 1 aromatic carbocycles. The van der Waals surface area contributed by atoms with Crippen molar-refractivity contribution in [3.63, 3.8) is 0 Å². The average molecular weight is 262 g/mol. The molecule has 0 fully saturated rings. The molecule has 2 N–H and O–H groups in total. The first-order valence-electron chi connectivity index (χ1n) is 6.17. The van der Waals surface area contributed by atoms with Crippen LogP contribution in [-0.2, 0) is 19.4 Å². The lowest BCUT2D eigenvalue weighted by atomic mass is 10.2. The topological polar surface area (TPSA) is 48.1 Å². The van der Waals surface area contributed by atoms with Gasteiger partial charge in [0.1, 0.15) is 17.4 Å². The van der Waals surface area contributed by atoms with E-state index in [1.807, 2.05) is 17.5 Å². The number of hydrogen-bond donors (Lipinski definition) is 1. The molecule has 18 heavy (non-hydrogen) atoms. The maximum atomic E-state index is 5.70. The summed E-state index contributed by atoms with van der Waals surface area (Å²) in [6.07, 6.45) is 1.89. The van der Waals surface area contributed by atoms with Gasteiger partial charge in [0.25, 0.3) is 0 Å². The van der Waals surface area contributed by atoms with Gasteiger partial charge in [-0.1, -0.05) is 19.1 Å². The average Bonchev–Trinajstić information content (AvgIpc) is 2.85. The van der Waals surface area contributed by atoms with Crippen molar-refractivity contribution < 1.29 is 4.74 Å². The molecule has 0 radical (unpaired) electrons. The van der Waals surface area contributed by atoms with E-state index in [1.165, 1.54) is 5.56 Å². The van der Waals surface area contributed by atoms with Gasteiger partial charge in [-0.05, 0) is 30.7 Å². The van der Waals surface area contributed by atoms with Crippen LogP contribution in [0.5, 0.6) is 5.75 Å². The molecule has 0 saturated heterocycles. The van der Waals surface area contributed by atoms with Crippen LogP contribution in [0.3, 0.4) is 0 Å². The van der Waals surface area contributed by atoms with E-state index < -0.39 is 0 Å². The van der Waals surface area contributed by atoms with Gasteiger partial charge in [-0.2, -0.15) is 0 Å². The van der Waals surface area contributed by atoms with Crippen molar-refractivity contribution in [3.05, 3.63) is 45.9 Å². The molecule has 0 atom stereocenters. The van der Waals surface area contributed by atoms with E-state index in [9.17, 15) is 0 Å². The molecule has 0 aliphatic carbocycles. The van der Waals surface area contributed by atoms with Crippen LogP contribution < -0.4 is 10.5 Å². The minimum Gasteiger partial charge on any atom is -0.486 e. The van der Waals surface area contributed by atoms with Crippen molar-refractivity contribution in [2.45, 2.75) is 26.4 Å². The Morgan fingerprint density at radius 1 is 1.28 bits per heavy atom. The Morgan fingerprint density at radius 2 is 2.06 bits per heavy atom. The summed E-state index contributed by atoms with van der Waals surface area (Å²) in [6.45, 7) is 3.31. The lowest BCUT2D eigenvalue weighted by Crippen LogP contribution is -2.03. The third kappa shape index (κ3) is 3.55. The molecule has 0 saturated carbocycles. The van der Waals surface area contributed by atoms with Crippen molar-refractivity contribution in [3.8, 4) is 5.75 Å². The highest BCUT2D eigenvalue weighted by molar-refractivity contribution is 7.09. The number of nitrogens with zero attached hydrogens (tertiary/aromatic N) is 1. The Bertz CT molecular complexity index is 479. The lowest BCUT2D eigenvalue weighted by molar-refractivity contribution is 0.305. The van der Waals surface area contributed by atoms with Gasteiger partial charge in [0.15, 0.2) is 0 Å². The second-order valence-electron chi connectivity index (χ2n) is 4.06. The minimum atomic E-state index is 0.528. The number of hydrogen-bond acceptors (Lipinski definition) is 4. The fraction of sp³-hybridized carbons (Fsp3) is 0.357. The maximum Gasteiger partial charge on any atom is 0.140 e. The van der Waals surface area contributed by atoms with Crippen LogP contribution in [0.2, 0.25) is 0 Å². The van der Waals surface area contributed by atoms with Crippen molar-refractivity contribution in [1.29, 1.82) is 0 Å². The molecule has 2 rings (SSSR count). The zero-order chi connectivity index (χ0) is 12.8. The van der Waals surface area contributed by atoms with Crippen LogP contribution in [0.1, 0.15) is 23.2 Å². The van der Waals surface area contributed by atoms with E-state index in [2.05, 4.69) is 24.0 Å². The maximum absolute atomic E-state index is 5.70. The van der Waals surface area contributed by atoms with Gasteiger partial charge in [0.2, 0.25) is 0 Å². The Labute approximate surface area is 112 Å². The van der Waals surface area contributed by atoms with Crippen LogP contribution in [0.4, 0.5) is 0 Å². The van der Waals surface area contributed by atoms with Crippen LogP contribution >= 0.6 is 11.3 Å². The van der Waals surface area contributed by atoms with Crippen molar-refractivity contribution in [2.75, 3.05) is 6.54 Å². The van der Waals surface area contributed by atoms with Crippen LogP contribution in [0.25, 0.3) is 0 Å². The number of aryl methyl sites for hydroxylation is 1. The minimum absolute atomic E-state index is 0.528. The zero-order valence-electron chi connectivity index (χ0n) is 10.6. The summed E-state index contributed by atoms with van der Waals surface area (Å²) in [6, 6.07) is 8.20. The summed E-state index contributed by atoms with van der Waals surface area (Å²) in [4.78, 5) is 4.46. The summed E-state index contributed by atoms with van der Waals surface area (Å²) in [7, 11) is 0. The van der Waals surface area contributed by atoms with Crippen molar-refractivity contribution >= 4 is 11.3 Å². The van der Waals surface area contributed by atoms with Gasteiger partial charge >= 0.3 is 0 Å². The third-order valence-corrected chi connectivity index (χ3v) is 3.56. The van der Waals surface area contributed by atoms with Gasteiger partial charge in [0.05, 0.1) is 5.69 Å². The Balaban J connectivity index is 1.89. The first-order valence-corrected chi connectivity index (χ1v) is 7.05. The molecule has 1 heterocycles. The molecule has 0 bridgehead atoms. The standard InChI is InChI=1S/C14H18N2OS/c1-2-11-3-5-13(6-4-11)17-9-14-16-12(7-8-15)10-18-14/h3-6,10H,2,7-9,15H2,1H3. The Kier molecular flexibility index (Phi) is 4.73. The zero-order valence-corrected chi connectivity index (χ0v) is 11.4. The Morgan fingerprint density at radius 3 is 2.72 bits per heavy atom. The highest BCUT2D eigenvalue weighted by Crippen LogP contribution is 2.16. The molecule has 0 amide bonds. The molecule has 2 aromatic rings. The van der Waals surface area contributed by atoms with Gasteiger partial charge in [-0.25, -0.2) is 4.98 Å². The summed E-state index contributed by atoms with van der Waals surface area (Å²) in [5.41, 5.74) is 7.87. The first-order chi connectivity index (χ1) is 8.81. The van der Waals surface area contributed by atoms with Gasteiger partial charge in [-0.3, -0.25) is 0 Å². The third-order valence-electron chi connectivity index (χ3n) is 2.69. The van der Waals surface area contributed by atoms with Crippen LogP contribution in [-0.4, -0.2) is 11.5 Å². The fourth-order valence-corrected chi connectivity index (χ4v) is 2.38. The molecule has 1 aromatic heterocycles. The summed E-state index contributed by atoms with van der Waals surface area (Å²) < 4.78 is 5.70. The largest absolute Gasteiger partial charge is 0.486 e. The van der Waals surface area contributed by atoms with Gasteiger partial charge in [0, 0.05) is 11.8 Å². The molecule has 3 nitrogen and oxygen atoms in total. The summed E-state index contributed by atoms with van der Waals surface area (Å²) in [5.74, 6) is 0.891. The number of rotatable bonds is 6. The number of thiazole rings is 1. The van der Waals surface area contributed by atoms with Crippen molar-refractivity contribution in [2.24, 2.45) is 5.73 Å². The summed E-state index contributed by atoms with van der Waals surface area (Å²) >= 11 is 1.62. The number of ether oxygens (including phenoxy) is 1. The number of aromatic nitrogens is 1. The Hall–Kier alpha value is -1.39. The highest BCUT2D eigenvalue weighted by Gasteiger charge is 2.02. The van der Waals surface area contributed by atoms with Crippen molar-refractivity contribution in [1.82, 2.24) is 4.98 Å². The van der Waals surface area contributed by atoms with E-state index in [0.717, 1.165) is 29.3 Å². The summed E-state index contributed by atoms with van der Waals surface area (Å²) in [5, 5.41) is 3.05.